The molecule has 1 saturated carbocycles. The lowest BCUT2D eigenvalue weighted by molar-refractivity contribution is 0.196. The van der Waals surface area contributed by atoms with E-state index in [4.69, 9.17) is 11.6 Å². The summed E-state index contributed by atoms with van der Waals surface area (Å²) in [5.41, 5.74) is 1.52. The predicted octanol–water partition coefficient (Wildman–Crippen LogP) is 4.20. The Kier molecular flexibility index (Phi) is 4.26. The van der Waals surface area contributed by atoms with Crippen LogP contribution in [0.25, 0.3) is 0 Å². The van der Waals surface area contributed by atoms with E-state index in [1.807, 2.05) is 7.05 Å². The van der Waals surface area contributed by atoms with Crippen molar-refractivity contribution < 1.29 is 0 Å². The Morgan fingerprint density at radius 3 is 2.63 bits per heavy atom. The molecule has 0 amide bonds. The summed E-state index contributed by atoms with van der Waals surface area (Å²) < 4.78 is 2.07. The highest BCUT2D eigenvalue weighted by Gasteiger charge is 2.41. The van der Waals surface area contributed by atoms with Gasteiger partial charge in [-0.2, -0.15) is 5.10 Å². The zero-order valence-corrected chi connectivity index (χ0v) is 13.5. The lowest BCUT2D eigenvalue weighted by atomic mass is 9.76. The van der Waals surface area contributed by atoms with E-state index in [-0.39, 0.29) is 6.04 Å². The lowest BCUT2D eigenvalue weighted by Gasteiger charge is -2.35. The summed E-state index contributed by atoms with van der Waals surface area (Å²) in [4.78, 5) is 0. The third-order valence-electron chi connectivity index (χ3n) is 4.62. The van der Waals surface area contributed by atoms with E-state index in [1.165, 1.54) is 19.3 Å². The average Bonchev–Trinajstić information content (AvgIpc) is 2.85. The summed E-state index contributed by atoms with van der Waals surface area (Å²) in [7, 11) is 2.03. The minimum Gasteiger partial charge on any atom is -0.311 e. The molecule has 19 heavy (non-hydrogen) atoms. The molecule has 3 nitrogen and oxygen atoms in total. The average molecular weight is 284 g/mol. The maximum absolute atomic E-state index is 6.41. The van der Waals surface area contributed by atoms with Gasteiger partial charge in [-0.05, 0) is 45.1 Å². The van der Waals surface area contributed by atoms with E-state index in [9.17, 15) is 0 Å². The highest BCUT2D eigenvalue weighted by Crippen LogP contribution is 2.49. The molecule has 1 N–H and O–H groups in total. The van der Waals surface area contributed by atoms with Crippen LogP contribution in [-0.4, -0.2) is 16.8 Å². The van der Waals surface area contributed by atoms with E-state index < -0.39 is 0 Å². The van der Waals surface area contributed by atoms with Crippen LogP contribution in [0.3, 0.4) is 0 Å². The summed E-state index contributed by atoms with van der Waals surface area (Å²) >= 11 is 6.41. The third kappa shape index (κ3) is 2.68. The molecule has 0 spiro atoms. The number of hydrogen-bond acceptors (Lipinski definition) is 2. The largest absolute Gasteiger partial charge is 0.311 e. The van der Waals surface area contributed by atoms with Crippen molar-refractivity contribution in [2.75, 3.05) is 7.05 Å². The maximum atomic E-state index is 6.41. The van der Waals surface area contributed by atoms with Gasteiger partial charge >= 0.3 is 0 Å². The molecular weight excluding hydrogens is 258 g/mol. The van der Waals surface area contributed by atoms with Crippen molar-refractivity contribution in [1.29, 1.82) is 0 Å². The molecule has 2 atom stereocenters. The molecule has 1 aliphatic rings. The molecule has 0 radical (unpaired) electrons. The molecule has 2 unspecified atom stereocenters. The number of nitrogens with one attached hydrogen (secondary N) is 1. The quantitative estimate of drug-likeness (QED) is 0.897. The Bertz CT molecular complexity index is 437. The molecule has 108 valence electrons. The molecule has 1 fully saturated rings. The van der Waals surface area contributed by atoms with E-state index >= 15 is 0 Å². The summed E-state index contributed by atoms with van der Waals surface area (Å²) in [6.45, 7) is 9.05. The molecule has 0 aromatic carbocycles. The Labute approximate surface area is 121 Å². The van der Waals surface area contributed by atoms with Crippen molar-refractivity contribution in [2.45, 2.75) is 59.0 Å². The van der Waals surface area contributed by atoms with Crippen molar-refractivity contribution in [3.63, 3.8) is 0 Å². The molecule has 0 aliphatic heterocycles. The first-order chi connectivity index (χ1) is 8.88. The molecule has 1 aromatic heterocycles. The van der Waals surface area contributed by atoms with Crippen LogP contribution in [0.15, 0.2) is 6.20 Å². The van der Waals surface area contributed by atoms with Crippen LogP contribution < -0.4 is 5.32 Å². The first-order valence-corrected chi connectivity index (χ1v) is 7.66. The lowest BCUT2D eigenvalue weighted by Crippen LogP contribution is -2.34. The van der Waals surface area contributed by atoms with Crippen molar-refractivity contribution in [2.24, 2.45) is 11.3 Å². The van der Waals surface area contributed by atoms with Gasteiger partial charge in [-0.1, -0.05) is 31.9 Å². The fourth-order valence-electron chi connectivity index (χ4n) is 3.55. The van der Waals surface area contributed by atoms with Gasteiger partial charge in [0.05, 0.1) is 23.0 Å². The molecule has 4 heteroatoms. The van der Waals surface area contributed by atoms with Crippen LogP contribution in [0.2, 0.25) is 5.02 Å². The van der Waals surface area contributed by atoms with Gasteiger partial charge in [-0.25, -0.2) is 0 Å². The number of halogens is 1. The van der Waals surface area contributed by atoms with Crippen molar-refractivity contribution >= 4 is 11.6 Å². The topological polar surface area (TPSA) is 29.9 Å². The maximum Gasteiger partial charge on any atom is 0.0834 e. The van der Waals surface area contributed by atoms with Gasteiger partial charge in [-0.15, -0.1) is 0 Å². The second kappa shape index (κ2) is 5.45. The second-order valence-electron chi connectivity index (χ2n) is 6.67. The Morgan fingerprint density at radius 1 is 1.47 bits per heavy atom. The van der Waals surface area contributed by atoms with Crippen molar-refractivity contribution in [3.05, 3.63) is 16.9 Å². The number of nitrogens with zero attached hydrogens (tertiary/aromatic N) is 2. The summed E-state index contributed by atoms with van der Waals surface area (Å²) in [6.07, 6.45) is 5.65. The first-order valence-electron chi connectivity index (χ1n) is 7.28. The first kappa shape index (κ1) is 14.9. The van der Waals surface area contributed by atoms with Gasteiger partial charge in [0.1, 0.15) is 0 Å². The second-order valence-corrected chi connectivity index (χ2v) is 7.08. The number of rotatable bonds is 4. The van der Waals surface area contributed by atoms with Gasteiger partial charge in [0.25, 0.3) is 0 Å². The van der Waals surface area contributed by atoms with Gasteiger partial charge in [0, 0.05) is 6.04 Å². The predicted molar refractivity (Wildman–Crippen MR) is 80.5 cm³/mol. The highest BCUT2D eigenvalue weighted by molar-refractivity contribution is 6.31. The molecule has 1 aromatic rings. The van der Waals surface area contributed by atoms with Crippen LogP contribution in [-0.2, 0) is 0 Å². The SMILES string of the molecule is CNC(c1c(Cl)cnn1C(C)C)C1CCCC1(C)C. The van der Waals surface area contributed by atoms with Gasteiger partial charge in [0.15, 0.2) is 0 Å². The van der Waals surface area contributed by atoms with E-state index in [2.05, 4.69) is 42.8 Å². The smallest absolute Gasteiger partial charge is 0.0834 e. The standard InChI is InChI=1S/C15H26ClN3/c1-10(2)19-14(12(16)9-18-19)13(17-5)11-7-6-8-15(11,3)4/h9-11,13,17H,6-8H2,1-5H3. The van der Waals surface area contributed by atoms with E-state index in [0.29, 0.717) is 17.4 Å². The molecule has 1 aliphatic carbocycles. The van der Waals surface area contributed by atoms with E-state index in [1.54, 1.807) is 6.20 Å². The summed E-state index contributed by atoms with van der Waals surface area (Å²) in [6, 6.07) is 0.623. The molecule has 2 rings (SSSR count). The van der Waals surface area contributed by atoms with Crippen LogP contribution in [0.1, 0.15) is 64.7 Å². The molecule has 0 saturated heterocycles. The van der Waals surface area contributed by atoms with E-state index in [0.717, 1.165) is 10.7 Å². The summed E-state index contributed by atoms with van der Waals surface area (Å²) in [5, 5.41) is 8.73. The third-order valence-corrected chi connectivity index (χ3v) is 4.92. The molecular formula is C15H26ClN3. The van der Waals surface area contributed by atoms with Crippen LogP contribution in [0.4, 0.5) is 0 Å². The Morgan fingerprint density at radius 2 is 2.16 bits per heavy atom. The van der Waals surface area contributed by atoms with Crippen molar-refractivity contribution in [3.8, 4) is 0 Å². The van der Waals surface area contributed by atoms with Crippen molar-refractivity contribution in [1.82, 2.24) is 15.1 Å². The Hall–Kier alpha value is -0.540. The number of hydrogen-bond donors (Lipinski definition) is 1. The summed E-state index contributed by atoms with van der Waals surface area (Å²) in [5.74, 6) is 0.615. The fraction of sp³-hybridized carbons (Fsp3) is 0.800. The zero-order chi connectivity index (χ0) is 14.2. The number of aromatic nitrogens is 2. The Balaban J connectivity index is 2.40. The minimum atomic E-state index is 0.287. The van der Waals surface area contributed by atoms with Crippen LogP contribution >= 0.6 is 11.6 Å². The van der Waals surface area contributed by atoms with Gasteiger partial charge in [0.2, 0.25) is 0 Å². The minimum absolute atomic E-state index is 0.287. The zero-order valence-electron chi connectivity index (χ0n) is 12.7. The van der Waals surface area contributed by atoms with Gasteiger partial charge in [-0.3, -0.25) is 4.68 Å². The fourth-order valence-corrected chi connectivity index (χ4v) is 3.80. The van der Waals surface area contributed by atoms with Crippen LogP contribution in [0, 0.1) is 11.3 Å². The molecule has 1 heterocycles. The van der Waals surface area contributed by atoms with Gasteiger partial charge < -0.3 is 5.32 Å². The monoisotopic (exact) mass is 283 g/mol. The van der Waals surface area contributed by atoms with Crippen LogP contribution in [0.5, 0.6) is 0 Å². The normalized spacial score (nSPS) is 24.1. The highest BCUT2D eigenvalue weighted by atomic mass is 35.5. The molecule has 0 bridgehead atoms.